The second kappa shape index (κ2) is 11.4. The van der Waals surface area contributed by atoms with Gasteiger partial charge in [-0.25, -0.2) is 9.78 Å². The Morgan fingerprint density at radius 3 is 2.86 bits per heavy atom. The third kappa shape index (κ3) is 5.78. The maximum atomic E-state index is 12.6. The Hall–Kier alpha value is -3.62. The fourth-order valence-corrected chi connectivity index (χ4v) is 4.59. The average Bonchev–Trinajstić information content (AvgIpc) is 3.41. The Bertz CT molecular complexity index is 1330. The highest BCUT2D eigenvalue weighted by molar-refractivity contribution is 5.95. The molecular formula is C28H32N6O2. The highest BCUT2D eigenvalue weighted by Gasteiger charge is 2.15. The average molecular weight is 485 g/mol. The summed E-state index contributed by atoms with van der Waals surface area (Å²) in [6.45, 7) is 5.50. The minimum Gasteiger partial charge on any atom is -0.462 e. The number of aromatic nitrogens is 4. The van der Waals surface area contributed by atoms with Crippen LogP contribution in [0.2, 0.25) is 0 Å². The number of esters is 1. The minimum absolute atomic E-state index is 0.342. The van der Waals surface area contributed by atoms with E-state index >= 15 is 0 Å². The van der Waals surface area contributed by atoms with Gasteiger partial charge in [-0.3, -0.25) is 9.97 Å². The molecule has 0 amide bonds. The lowest BCUT2D eigenvalue weighted by Gasteiger charge is -2.23. The zero-order chi connectivity index (χ0) is 24.7. The zero-order valence-electron chi connectivity index (χ0n) is 20.6. The first kappa shape index (κ1) is 24.1. The number of hydrogen-bond acceptors (Lipinski definition) is 7. The van der Waals surface area contributed by atoms with Crippen LogP contribution in [-0.4, -0.2) is 58.2 Å². The van der Waals surface area contributed by atoms with Crippen molar-refractivity contribution in [3.8, 4) is 22.6 Å². The number of ether oxygens (including phenoxy) is 1. The summed E-state index contributed by atoms with van der Waals surface area (Å²) in [5, 5.41) is 7.83. The lowest BCUT2D eigenvalue weighted by atomic mass is 10.0. The number of carbonyl (C=O) groups is 1. The van der Waals surface area contributed by atoms with Gasteiger partial charge in [0.15, 0.2) is 0 Å². The van der Waals surface area contributed by atoms with Gasteiger partial charge in [0.1, 0.15) is 0 Å². The van der Waals surface area contributed by atoms with Gasteiger partial charge in [0.25, 0.3) is 0 Å². The number of imidazole rings is 1. The summed E-state index contributed by atoms with van der Waals surface area (Å²) in [5.41, 5.74) is 5.63. The summed E-state index contributed by atoms with van der Waals surface area (Å²) >= 11 is 0. The second-order valence-electron chi connectivity index (χ2n) is 9.24. The Morgan fingerprint density at radius 1 is 1.11 bits per heavy atom. The fraction of sp³-hybridized carbons (Fsp3) is 0.357. The largest absolute Gasteiger partial charge is 0.462 e. The van der Waals surface area contributed by atoms with Crippen LogP contribution in [0.1, 0.15) is 41.7 Å². The van der Waals surface area contributed by atoms with E-state index in [1.54, 1.807) is 12.5 Å². The van der Waals surface area contributed by atoms with Crippen molar-refractivity contribution in [3.63, 3.8) is 0 Å². The van der Waals surface area contributed by atoms with Crippen LogP contribution in [-0.2, 0) is 4.74 Å². The molecule has 5 rings (SSSR count). The first-order valence-corrected chi connectivity index (χ1v) is 12.7. The molecule has 0 unspecified atom stereocenters. The Labute approximate surface area is 210 Å². The van der Waals surface area contributed by atoms with Crippen LogP contribution in [0.3, 0.4) is 0 Å². The monoisotopic (exact) mass is 484 g/mol. The molecule has 1 aromatic carbocycles. The molecule has 3 N–H and O–H groups in total. The Morgan fingerprint density at radius 2 is 2.00 bits per heavy atom. The van der Waals surface area contributed by atoms with Gasteiger partial charge < -0.3 is 20.4 Å². The number of unbranched alkanes of at least 4 members (excludes halogenated alkanes) is 1. The van der Waals surface area contributed by atoms with E-state index < -0.39 is 0 Å². The van der Waals surface area contributed by atoms with Crippen molar-refractivity contribution >= 4 is 16.9 Å². The quantitative estimate of drug-likeness (QED) is 0.241. The lowest BCUT2D eigenvalue weighted by Crippen LogP contribution is -2.40. The number of aromatic amines is 1. The van der Waals surface area contributed by atoms with Gasteiger partial charge in [0.2, 0.25) is 0 Å². The first-order chi connectivity index (χ1) is 17.7. The van der Waals surface area contributed by atoms with Gasteiger partial charge in [-0.1, -0.05) is 12.1 Å². The third-order valence-corrected chi connectivity index (χ3v) is 6.55. The third-order valence-electron chi connectivity index (χ3n) is 6.55. The standard InChI is InChI=1S/C28H32N6O2/c1-19-5-4-6-25(34-19)27-26(32-18-33-27)20-7-8-24-21(15-20)16-22(17-31-24)28(35)36-14-3-2-11-30-23-9-12-29-13-10-23/h4-8,15-18,23,29-30H,2-3,9-14H2,1H3,(H,32,33). The Balaban J connectivity index is 1.21. The van der Waals surface area contributed by atoms with Crippen molar-refractivity contribution in [1.29, 1.82) is 0 Å². The van der Waals surface area contributed by atoms with E-state index in [-0.39, 0.29) is 5.97 Å². The van der Waals surface area contributed by atoms with E-state index in [0.29, 0.717) is 18.2 Å². The smallest absolute Gasteiger partial charge is 0.339 e. The van der Waals surface area contributed by atoms with Crippen molar-refractivity contribution in [3.05, 3.63) is 66.2 Å². The molecule has 0 atom stereocenters. The zero-order valence-corrected chi connectivity index (χ0v) is 20.6. The van der Waals surface area contributed by atoms with E-state index in [1.807, 2.05) is 49.4 Å². The van der Waals surface area contributed by atoms with Crippen molar-refractivity contribution < 1.29 is 9.53 Å². The van der Waals surface area contributed by atoms with Gasteiger partial charge in [-0.05, 0) is 82.6 Å². The maximum Gasteiger partial charge on any atom is 0.339 e. The molecule has 4 heterocycles. The molecule has 8 nitrogen and oxygen atoms in total. The van der Waals surface area contributed by atoms with E-state index in [4.69, 9.17) is 4.74 Å². The summed E-state index contributed by atoms with van der Waals surface area (Å²) in [5.74, 6) is -0.342. The summed E-state index contributed by atoms with van der Waals surface area (Å²) in [6, 6.07) is 14.3. The number of fused-ring (bicyclic) bond motifs is 1. The number of pyridine rings is 2. The number of nitrogens with zero attached hydrogens (tertiary/aromatic N) is 3. The van der Waals surface area contributed by atoms with Crippen molar-refractivity contribution in [1.82, 2.24) is 30.6 Å². The number of piperidine rings is 1. The molecular weight excluding hydrogens is 452 g/mol. The van der Waals surface area contributed by atoms with E-state index in [0.717, 1.165) is 71.7 Å². The molecule has 8 heteroatoms. The topological polar surface area (TPSA) is 105 Å². The van der Waals surface area contributed by atoms with Gasteiger partial charge in [0, 0.05) is 28.9 Å². The van der Waals surface area contributed by atoms with E-state index in [2.05, 4.69) is 30.6 Å². The molecule has 1 aliphatic heterocycles. The number of H-pyrrole nitrogens is 1. The summed E-state index contributed by atoms with van der Waals surface area (Å²) in [7, 11) is 0. The molecule has 0 aliphatic carbocycles. The van der Waals surface area contributed by atoms with Gasteiger partial charge in [-0.2, -0.15) is 0 Å². The number of carbonyl (C=O) groups excluding carboxylic acids is 1. The van der Waals surface area contributed by atoms with Crippen LogP contribution in [0.15, 0.2) is 55.0 Å². The van der Waals surface area contributed by atoms with Crippen LogP contribution < -0.4 is 10.6 Å². The van der Waals surface area contributed by atoms with Crippen LogP contribution in [0.5, 0.6) is 0 Å². The SMILES string of the molecule is Cc1cccc(-c2[nH]cnc2-c2ccc3ncc(C(=O)OCCCCNC4CCNCC4)cc3c2)n1. The van der Waals surface area contributed by atoms with E-state index in [1.165, 1.54) is 12.8 Å². The van der Waals surface area contributed by atoms with Crippen molar-refractivity contribution in [2.75, 3.05) is 26.2 Å². The number of hydrogen-bond donors (Lipinski definition) is 3. The minimum atomic E-state index is -0.342. The van der Waals surface area contributed by atoms with Crippen molar-refractivity contribution in [2.45, 2.75) is 38.6 Å². The maximum absolute atomic E-state index is 12.6. The van der Waals surface area contributed by atoms with Crippen LogP contribution in [0.4, 0.5) is 0 Å². The molecule has 0 bridgehead atoms. The molecule has 0 radical (unpaired) electrons. The van der Waals surface area contributed by atoms with E-state index in [9.17, 15) is 4.79 Å². The summed E-state index contributed by atoms with van der Waals surface area (Å²) in [4.78, 5) is 29.5. The van der Waals surface area contributed by atoms with Crippen LogP contribution in [0.25, 0.3) is 33.5 Å². The normalized spacial score (nSPS) is 14.2. The molecule has 3 aromatic heterocycles. The number of benzene rings is 1. The first-order valence-electron chi connectivity index (χ1n) is 12.7. The Kier molecular flexibility index (Phi) is 7.64. The summed E-state index contributed by atoms with van der Waals surface area (Å²) < 4.78 is 5.52. The van der Waals surface area contributed by atoms with Crippen LogP contribution in [0, 0.1) is 6.92 Å². The summed E-state index contributed by atoms with van der Waals surface area (Å²) in [6.07, 6.45) is 7.43. The highest BCUT2D eigenvalue weighted by Crippen LogP contribution is 2.30. The molecule has 1 fully saturated rings. The van der Waals surface area contributed by atoms with Gasteiger partial charge >= 0.3 is 5.97 Å². The number of aryl methyl sites for hydroxylation is 1. The number of rotatable bonds is 9. The molecule has 186 valence electrons. The highest BCUT2D eigenvalue weighted by atomic mass is 16.5. The fourth-order valence-electron chi connectivity index (χ4n) is 4.59. The molecule has 4 aromatic rings. The number of nitrogens with one attached hydrogen (secondary N) is 3. The second-order valence-corrected chi connectivity index (χ2v) is 9.24. The van der Waals surface area contributed by atoms with Crippen LogP contribution >= 0.6 is 0 Å². The van der Waals surface area contributed by atoms with Gasteiger partial charge in [-0.15, -0.1) is 0 Å². The molecule has 0 spiro atoms. The van der Waals surface area contributed by atoms with Crippen molar-refractivity contribution in [2.24, 2.45) is 0 Å². The lowest BCUT2D eigenvalue weighted by molar-refractivity contribution is 0.0498. The molecule has 36 heavy (non-hydrogen) atoms. The predicted octanol–water partition coefficient (Wildman–Crippen LogP) is 4.27. The molecule has 1 aliphatic rings. The predicted molar refractivity (Wildman–Crippen MR) is 141 cm³/mol. The molecule has 0 saturated carbocycles. The van der Waals surface area contributed by atoms with Gasteiger partial charge in [0.05, 0.1) is 41.1 Å². The molecule has 1 saturated heterocycles.